The molecule has 2 rings (SSSR count). The number of benzene rings is 1. The first-order valence-electron chi connectivity index (χ1n) is 8.95. The number of rotatable bonds is 7. The first-order chi connectivity index (χ1) is 12.0. The first-order valence-corrected chi connectivity index (χ1v) is 8.95. The van der Waals surface area contributed by atoms with Crippen LogP contribution >= 0.6 is 0 Å². The van der Waals surface area contributed by atoms with Crippen molar-refractivity contribution in [2.24, 2.45) is 17.6 Å². The average molecular weight is 347 g/mol. The number of ether oxygens (including phenoxy) is 1. The molecule has 2 amide bonds. The molecule has 0 aliphatic carbocycles. The highest BCUT2D eigenvalue weighted by Gasteiger charge is 2.26. The van der Waals surface area contributed by atoms with Crippen molar-refractivity contribution in [1.29, 1.82) is 0 Å². The quantitative estimate of drug-likeness (QED) is 0.704. The summed E-state index contributed by atoms with van der Waals surface area (Å²) in [6.07, 6.45) is 2.14. The Kier molecular flexibility index (Phi) is 7.40. The average Bonchev–Trinajstić information content (AvgIpc) is 2.59. The van der Waals surface area contributed by atoms with Crippen molar-refractivity contribution in [2.75, 3.05) is 18.5 Å². The zero-order chi connectivity index (χ0) is 18.2. The maximum Gasteiger partial charge on any atom is 0.237 e. The minimum Gasteiger partial charge on any atom is -0.381 e. The Morgan fingerprint density at radius 2 is 2.00 bits per heavy atom. The summed E-state index contributed by atoms with van der Waals surface area (Å²) in [5, 5.41) is 5.78. The Labute approximate surface area is 149 Å². The van der Waals surface area contributed by atoms with Crippen LogP contribution < -0.4 is 16.4 Å². The first kappa shape index (κ1) is 19.4. The smallest absolute Gasteiger partial charge is 0.237 e. The molecule has 0 spiro atoms. The Morgan fingerprint density at radius 1 is 1.28 bits per heavy atom. The van der Waals surface area contributed by atoms with E-state index in [0.29, 0.717) is 32.1 Å². The van der Waals surface area contributed by atoms with Gasteiger partial charge in [0.25, 0.3) is 0 Å². The lowest BCUT2D eigenvalue weighted by atomic mass is 9.92. The second-order valence-corrected chi connectivity index (χ2v) is 7.04. The van der Waals surface area contributed by atoms with E-state index in [2.05, 4.69) is 10.6 Å². The standard InChI is InChI=1S/C19H29N3O3/c1-13(2)10-17(23)22-16-5-3-4-14(11-16)12-21-19(24)18(20)15-6-8-25-9-7-15/h3-5,11,13,15,18H,6-10,12,20H2,1-2H3,(H,21,24)(H,22,23). The van der Waals surface area contributed by atoms with Gasteiger partial charge in [-0.1, -0.05) is 26.0 Å². The SMILES string of the molecule is CC(C)CC(=O)Nc1cccc(CNC(=O)C(N)C2CCOCC2)c1. The van der Waals surface area contributed by atoms with E-state index in [4.69, 9.17) is 10.5 Å². The summed E-state index contributed by atoms with van der Waals surface area (Å²) in [5.41, 5.74) is 7.74. The van der Waals surface area contributed by atoms with E-state index in [-0.39, 0.29) is 17.7 Å². The van der Waals surface area contributed by atoms with Gasteiger partial charge in [0.2, 0.25) is 11.8 Å². The van der Waals surface area contributed by atoms with E-state index in [1.807, 2.05) is 38.1 Å². The van der Waals surface area contributed by atoms with Gasteiger partial charge in [0.05, 0.1) is 6.04 Å². The number of anilines is 1. The van der Waals surface area contributed by atoms with E-state index < -0.39 is 6.04 Å². The summed E-state index contributed by atoms with van der Waals surface area (Å²) in [6.45, 7) is 5.75. The lowest BCUT2D eigenvalue weighted by Gasteiger charge is -2.26. The third kappa shape index (κ3) is 6.48. The predicted molar refractivity (Wildman–Crippen MR) is 97.9 cm³/mol. The van der Waals surface area contributed by atoms with Crippen LogP contribution in [0.25, 0.3) is 0 Å². The molecule has 0 saturated carbocycles. The van der Waals surface area contributed by atoms with E-state index in [0.717, 1.165) is 24.1 Å². The summed E-state index contributed by atoms with van der Waals surface area (Å²) in [4.78, 5) is 24.1. The summed E-state index contributed by atoms with van der Waals surface area (Å²) in [6, 6.07) is 7.00. The van der Waals surface area contributed by atoms with Crippen LogP contribution in [-0.2, 0) is 20.9 Å². The molecule has 0 radical (unpaired) electrons. The maximum absolute atomic E-state index is 12.3. The minimum atomic E-state index is -0.502. The molecule has 138 valence electrons. The predicted octanol–water partition coefficient (Wildman–Crippen LogP) is 2.04. The molecule has 6 nitrogen and oxygen atoms in total. The highest BCUT2D eigenvalue weighted by Crippen LogP contribution is 2.18. The number of amides is 2. The highest BCUT2D eigenvalue weighted by atomic mass is 16.5. The molecule has 6 heteroatoms. The molecule has 1 unspecified atom stereocenters. The Morgan fingerprint density at radius 3 is 2.68 bits per heavy atom. The van der Waals surface area contributed by atoms with Crippen molar-refractivity contribution in [2.45, 2.75) is 45.7 Å². The maximum atomic E-state index is 12.3. The van der Waals surface area contributed by atoms with Gasteiger partial charge in [-0.25, -0.2) is 0 Å². The fourth-order valence-electron chi connectivity index (χ4n) is 2.94. The van der Waals surface area contributed by atoms with Crippen molar-refractivity contribution in [3.8, 4) is 0 Å². The summed E-state index contributed by atoms with van der Waals surface area (Å²) in [7, 11) is 0. The summed E-state index contributed by atoms with van der Waals surface area (Å²) >= 11 is 0. The van der Waals surface area contributed by atoms with Crippen LogP contribution in [0, 0.1) is 11.8 Å². The van der Waals surface area contributed by atoms with E-state index in [9.17, 15) is 9.59 Å². The molecule has 1 saturated heterocycles. The molecule has 1 aliphatic heterocycles. The number of hydrogen-bond acceptors (Lipinski definition) is 4. The largest absolute Gasteiger partial charge is 0.381 e. The normalized spacial score (nSPS) is 16.5. The molecular weight excluding hydrogens is 318 g/mol. The molecule has 1 aromatic rings. The lowest BCUT2D eigenvalue weighted by Crippen LogP contribution is -2.46. The molecule has 1 atom stereocenters. The van der Waals surface area contributed by atoms with Crippen molar-refractivity contribution in [3.05, 3.63) is 29.8 Å². The second kappa shape index (κ2) is 9.53. The van der Waals surface area contributed by atoms with Gasteiger partial charge in [-0.3, -0.25) is 9.59 Å². The Bertz CT molecular complexity index is 583. The molecule has 1 heterocycles. The van der Waals surface area contributed by atoms with Gasteiger partial charge in [0, 0.05) is 31.9 Å². The number of carbonyl (C=O) groups is 2. The third-order valence-electron chi connectivity index (χ3n) is 4.35. The van der Waals surface area contributed by atoms with Gasteiger partial charge in [-0.05, 0) is 42.4 Å². The third-order valence-corrected chi connectivity index (χ3v) is 4.35. The second-order valence-electron chi connectivity index (χ2n) is 7.04. The van der Waals surface area contributed by atoms with Crippen molar-refractivity contribution < 1.29 is 14.3 Å². The fraction of sp³-hybridized carbons (Fsp3) is 0.579. The van der Waals surface area contributed by atoms with Gasteiger partial charge in [0.15, 0.2) is 0 Å². The lowest BCUT2D eigenvalue weighted by molar-refractivity contribution is -0.124. The molecule has 25 heavy (non-hydrogen) atoms. The Hall–Kier alpha value is -1.92. The van der Waals surface area contributed by atoms with Crippen molar-refractivity contribution >= 4 is 17.5 Å². The zero-order valence-electron chi connectivity index (χ0n) is 15.1. The molecule has 1 aliphatic rings. The van der Waals surface area contributed by atoms with Crippen molar-refractivity contribution in [3.63, 3.8) is 0 Å². The highest BCUT2D eigenvalue weighted by molar-refractivity contribution is 5.90. The molecule has 1 aromatic carbocycles. The number of nitrogens with one attached hydrogen (secondary N) is 2. The minimum absolute atomic E-state index is 0.00211. The van der Waals surface area contributed by atoms with Crippen LogP contribution in [0.3, 0.4) is 0 Å². The molecule has 4 N–H and O–H groups in total. The van der Waals surface area contributed by atoms with E-state index >= 15 is 0 Å². The Balaban J connectivity index is 1.84. The van der Waals surface area contributed by atoms with Crippen molar-refractivity contribution in [1.82, 2.24) is 5.32 Å². The number of nitrogens with two attached hydrogens (primary N) is 1. The van der Waals surface area contributed by atoms with Crippen LogP contribution in [0.2, 0.25) is 0 Å². The molecule has 0 aromatic heterocycles. The van der Waals surface area contributed by atoms with E-state index in [1.165, 1.54) is 0 Å². The number of carbonyl (C=O) groups excluding carboxylic acids is 2. The summed E-state index contributed by atoms with van der Waals surface area (Å²) < 4.78 is 5.31. The van der Waals surface area contributed by atoms with Crippen LogP contribution in [-0.4, -0.2) is 31.1 Å². The number of hydrogen-bond donors (Lipinski definition) is 3. The molecule has 0 bridgehead atoms. The molecule has 1 fully saturated rings. The van der Waals surface area contributed by atoms with Crippen LogP contribution in [0.5, 0.6) is 0 Å². The van der Waals surface area contributed by atoms with Gasteiger partial charge < -0.3 is 21.1 Å². The van der Waals surface area contributed by atoms with Crippen LogP contribution in [0.1, 0.15) is 38.7 Å². The fourth-order valence-corrected chi connectivity index (χ4v) is 2.94. The monoisotopic (exact) mass is 347 g/mol. The van der Waals surface area contributed by atoms with Crippen LogP contribution in [0.15, 0.2) is 24.3 Å². The summed E-state index contributed by atoms with van der Waals surface area (Å²) in [5.74, 6) is 0.350. The van der Waals surface area contributed by atoms with Gasteiger partial charge in [-0.2, -0.15) is 0 Å². The zero-order valence-corrected chi connectivity index (χ0v) is 15.1. The van der Waals surface area contributed by atoms with Gasteiger partial charge in [-0.15, -0.1) is 0 Å². The van der Waals surface area contributed by atoms with E-state index in [1.54, 1.807) is 0 Å². The van der Waals surface area contributed by atoms with Gasteiger partial charge >= 0.3 is 0 Å². The topological polar surface area (TPSA) is 93.5 Å². The van der Waals surface area contributed by atoms with Gasteiger partial charge in [0.1, 0.15) is 0 Å². The molecular formula is C19H29N3O3. The van der Waals surface area contributed by atoms with Crippen LogP contribution in [0.4, 0.5) is 5.69 Å².